The molecule has 0 saturated carbocycles. The van der Waals surface area contributed by atoms with E-state index in [-0.39, 0.29) is 6.54 Å². The molecule has 0 spiro atoms. The maximum Gasteiger partial charge on any atom is 0.120 e. The van der Waals surface area contributed by atoms with Crippen molar-refractivity contribution in [3.05, 3.63) is 24.3 Å². The Balaban J connectivity index is 2.68. The van der Waals surface area contributed by atoms with Crippen molar-refractivity contribution in [1.82, 2.24) is 0 Å². The van der Waals surface area contributed by atoms with Gasteiger partial charge >= 0.3 is 0 Å². The van der Waals surface area contributed by atoms with Crippen molar-refractivity contribution in [2.75, 3.05) is 32.1 Å². The summed E-state index contributed by atoms with van der Waals surface area (Å²) in [5.41, 5.74) is 6.35. The van der Waals surface area contributed by atoms with E-state index >= 15 is 0 Å². The van der Waals surface area contributed by atoms with Gasteiger partial charge in [-0.05, 0) is 12.1 Å². The molecule has 0 aromatic heterocycles. The molecule has 0 aliphatic rings. The van der Waals surface area contributed by atoms with Crippen LogP contribution in [0, 0.1) is 0 Å². The number of benzene rings is 1. The molecule has 0 bridgehead atoms. The highest BCUT2D eigenvalue weighted by Gasteiger charge is 2.07. The summed E-state index contributed by atoms with van der Waals surface area (Å²) in [5, 5.41) is 9.42. The highest BCUT2D eigenvalue weighted by molar-refractivity contribution is 5.50. The van der Waals surface area contributed by atoms with Crippen molar-refractivity contribution in [2.24, 2.45) is 5.73 Å². The first-order valence-electron chi connectivity index (χ1n) is 4.90. The number of nitrogens with two attached hydrogens (primary N) is 1. The largest absolute Gasteiger partial charge is 0.497 e. The third kappa shape index (κ3) is 3.42. The fraction of sp³-hybridized carbons (Fsp3) is 0.455. The van der Waals surface area contributed by atoms with Crippen LogP contribution < -0.4 is 15.4 Å². The summed E-state index contributed by atoms with van der Waals surface area (Å²) in [6, 6.07) is 7.69. The molecule has 0 fully saturated rings. The van der Waals surface area contributed by atoms with Gasteiger partial charge in [0.25, 0.3) is 0 Å². The average Bonchev–Trinajstić information content (AvgIpc) is 2.28. The number of ether oxygens (including phenoxy) is 1. The van der Waals surface area contributed by atoms with Gasteiger partial charge in [0.15, 0.2) is 0 Å². The molecule has 0 radical (unpaired) electrons. The quantitative estimate of drug-likeness (QED) is 0.741. The molecule has 0 saturated heterocycles. The summed E-state index contributed by atoms with van der Waals surface area (Å²) in [4.78, 5) is 1.94. The molecule has 4 nitrogen and oxygen atoms in total. The van der Waals surface area contributed by atoms with E-state index in [0.717, 1.165) is 11.4 Å². The van der Waals surface area contributed by atoms with Crippen LogP contribution in [-0.4, -0.2) is 38.5 Å². The van der Waals surface area contributed by atoms with Crippen LogP contribution in [0.1, 0.15) is 0 Å². The molecule has 1 unspecified atom stereocenters. The van der Waals surface area contributed by atoms with E-state index in [0.29, 0.717) is 6.54 Å². The molecular weight excluding hydrogens is 192 g/mol. The van der Waals surface area contributed by atoms with Crippen LogP contribution in [-0.2, 0) is 0 Å². The lowest BCUT2D eigenvalue weighted by Gasteiger charge is -2.22. The van der Waals surface area contributed by atoms with Gasteiger partial charge in [0.05, 0.1) is 13.2 Å². The fourth-order valence-electron chi connectivity index (χ4n) is 1.34. The summed E-state index contributed by atoms with van der Waals surface area (Å²) in [6.45, 7) is 0.790. The fourth-order valence-corrected chi connectivity index (χ4v) is 1.34. The average molecular weight is 210 g/mol. The minimum Gasteiger partial charge on any atom is -0.497 e. The molecule has 84 valence electrons. The smallest absolute Gasteiger partial charge is 0.120 e. The molecular formula is C11H18N2O2. The summed E-state index contributed by atoms with van der Waals surface area (Å²) >= 11 is 0. The third-order valence-corrected chi connectivity index (χ3v) is 2.25. The van der Waals surface area contributed by atoms with E-state index in [2.05, 4.69) is 0 Å². The highest BCUT2D eigenvalue weighted by atomic mass is 16.5. The molecule has 0 aliphatic carbocycles. The SMILES string of the molecule is COc1cccc(N(C)CC(O)CN)c1. The van der Waals surface area contributed by atoms with Crippen molar-refractivity contribution in [3.8, 4) is 5.75 Å². The van der Waals surface area contributed by atoms with Gasteiger partial charge in [-0.2, -0.15) is 0 Å². The Morgan fingerprint density at radius 1 is 1.53 bits per heavy atom. The maximum atomic E-state index is 9.42. The van der Waals surface area contributed by atoms with Gasteiger partial charge in [-0.15, -0.1) is 0 Å². The van der Waals surface area contributed by atoms with E-state index in [9.17, 15) is 5.11 Å². The normalized spacial score (nSPS) is 12.3. The van der Waals surface area contributed by atoms with Crippen LogP contribution >= 0.6 is 0 Å². The maximum absolute atomic E-state index is 9.42. The van der Waals surface area contributed by atoms with Gasteiger partial charge in [0, 0.05) is 31.9 Å². The standard InChI is InChI=1S/C11H18N2O2/c1-13(8-10(14)7-12)9-4-3-5-11(6-9)15-2/h3-6,10,14H,7-8,12H2,1-2H3. The van der Waals surface area contributed by atoms with Gasteiger partial charge in [-0.25, -0.2) is 0 Å². The van der Waals surface area contributed by atoms with Crippen molar-refractivity contribution < 1.29 is 9.84 Å². The molecule has 3 N–H and O–H groups in total. The summed E-state index contributed by atoms with van der Waals surface area (Å²) in [7, 11) is 3.54. The number of aliphatic hydroxyl groups is 1. The summed E-state index contributed by atoms with van der Waals surface area (Å²) in [5.74, 6) is 0.807. The Bertz CT molecular complexity index is 304. The van der Waals surface area contributed by atoms with E-state index in [1.807, 2.05) is 36.2 Å². The molecule has 0 amide bonds. The molecule has 15 heavy (non-hydrogen) atoms. The Morgan fingerprint density at radius 3 is 2.87 bits per heavy atom. The van der Waals surface area contributed by atoms with Gasteiger partial charge < -0.3 is 20.5 Å². The van der Waals surface area contributed by atoms with Crippen molar-refractivity contribution >= 4 is 5.69 Å². The van der Waals surface area contributed by atoms with E-state index in [4.69, 9.17) is 10.5 Å². The second-order valence-corrected chi connectivity index (χ2v) is 3.47. The highest BCUT2D eigenvalue weighted by Crippen LogP contribution is 2.19. The molecule has 1 aromatic rings. The lowest BCUT2D eigenvalue weighted by Crippen LogP contribution is -2.34. The molecule has 1 rings (SSSR count). The Hall–Kier alpha value is -1.26. The van der Waals surface area contributed by atoms with Gasteiger partial charge in [0.2, 0.25) is 0 Å². The minimum atomic E-state index is -0.499. The topological polar surface area (TPSA) is 58.7 Å². The Kier molecular flexibility index (Phi) is 4.39. The first kappa shape index (κ1) is 11.8. The Morgan fingerprint density at radius 2 is 2.27 bits per heavy atom. The van der Waals surface area contributed by atoms with Crippen molar-refractivity contribution in [2.45, 2.75) is 6.10 Å². The van der Waals surface area contributed by atoms with Crippen molar-refractivity contribution in [1.29, 1.82) is 0 Å². The molecule has 1 aromatic carbocycles. The predicted octanol–water partition coefficient (Wildman–Crippen LogP) is 0.451. The summed E-state index contributed by atoms with van der Waals surface area (Å²) in [6.07, 6.45) is -0.499. The molecule has 4 heteroatoms. The van der Waals surface area contributed by atoms with Crippen LogP contribution in [0.3, 0.4) is 0 Å². The predicted molar refractivity (Wildman–Crippen MR) is 61.3 cm³/mol. The zero-order chi connectivity index (χ0) is 11.3. The lowest BCUT2D eigenvalue weighted by molar-refractivity contribution is 0.189. The monoisotopic (exact) mass is 210 g/mol. The zero-order valence-electron chi connectivity index (χ0n) is 9.18. The van der Waals surface area contributed by atoms with Crippen molar-refractivity contribution in [3.63, 3.8) is 0 Å². The number of anilines is 1. The first-order chi connectivity index (χ1) is 7.17. The number of aliphatic hydroxyl groups excluding tert-OH is 1. The van der Waals surface area contributed by atoms with Gasteiger partial charge in [-0.1, -0.05) is 6.07 Å². The zero-order valence-corrected chi connectivity index (χ0v) is 9.18. The van der Waals surface area contributed by atoms with Crippen LogP contribution in [0.2, 0.25) is 0 Å². The number of hydrogen-bond donors (Lipinski definition) is 2. The minimum absolute atomic E-state index is 0.272. The molecule has 0 aliphatic heterocycles. The second-order valence-electron chi connectivity index (χ2n) is 3.47. The van der Waals surface area contributed by atoms with Crippen LogP contribution in [0.25, 0.3) is 0 Å². The van der Waals surface area contributed by atoms with E-state index in [1.54, 1.807) is 7.11 Å². The number of methoxy groups -OCH3 is 1. The number of nitrogens with zero attached hydrogens (tertiary/aromatic N) is 1. The van der Waals surface area contributed by atoms with Crippen LogP contribution in [0.5, 0.6) is 5.75 Å². The van der Waals surface area contributed by atoms with Gasteiger partial charge in [-0.3, -0.25) is 0 Å². The Labute approximate surface area is 90.3 Å². The number of hydrogen-bond acceptors (Lipinski definition) is 4. The van der Waals surface area contributed by atoms with E-state index < -0.39 is 6.10 Å². The summed E-state index contributed by atoms with van der Waals surface area (Å²) < 4.78 is 5.12. The number of rotatable bonds is 5. The molecule has 1 atom stereocenters. The van der Waals surface area contributed by atoms with Gasteiger partial charge in [0.1, 0.15) is 5.75 Å². The van der Waals surface area contributed by atoms with Crippen LogP contribution in [0.15, 0.2) is 24.3 Å². The first-order valence-corrected chi connectivity index (χ1v) is 4.90. The lowest BCUT2D eigenvalue weighted by atomic mass is 10.2. The van der Waals surface area contributed by atoms with E-state index in [1.165, 1.54) is 0 Å². The molecule has 0 heterocycles. The second kappa shape index (κ2) is 5.58. The third-order valence-electron chi connectivity index (χ3n) is 2.25. The number of likely N-dealkylation sites (N-methyl/N-ethyl adjacent to an activating group) is 1. The van der Waals surface area contributed by atoms with Crippen LogP contribution in [0.4, 0.5) is 5.69 Å².